The Morgan fingerprint density at radius 2 is 2.04 bits per heavy atom. The van der Waals surface area contributed by atoms with Gasteiger partial charge in [-0.25, -0.2) is 14.8 Å². The van der Waals surface area contributed by atoms with Crippen LogP contribution in [0.2, 0.25) is 5.15 Å². The van der Waals surface area contributed by atoms with E-state index >= 15 is 0 Å². The van der Waals surface area contributed by atoms with Crippen molar-refractivity contribution in [3.63, 3.8) is 0 Å². The first-order valence-electron chi connectivity index (χ1n) is 8.15. The van der Waals surface area contributed by atoms with Crippen molar-refractivity contribution in [2.24, 2.45) is 0 Å². The van der Waals surface area contributed by atoms with E-state index in [1.54, 1.807) is 26.4 Å². The third-order valence-corrected chi connectivity index (χ3v) is 5.53. The number of methoxy groups -OCH3 is 2. The molecule has 0 radical (unpaired) electrons. The smallest absolute Gasteiger partial charge is 0.348 e. The average Bonchev–Trinajstić information content (AvgIpc) is 3.30. The van der Waals surface area contributed by atoms with Gasteiger partial charge in [0.1, 0.15) is 10.0 Å². The maximum absolute atomic E-state index is 11.8. The highest BCUT2D eigenvalue weighted by Crippen LogP contribution is 2.46. The number of thiazole rings is 1. The van der Waals surface area contributed by atoms with E-state index in [2.05, 4.69) is 15.3 Å². The number of aromatic nitrogens is 2. The van der Waals surface area contributed by atoms with Crippen LogP contribution in [0.3, 0.4) is 0 Å². The van der Waals surface area contributed by atoms with Crippen LogP contribution in [0.5, 0.6) is 11.5 Å². The minimum Gasteiger partial charge on any atom is -0.493 e. The molecule has 144 valence electrons. The topological polar surface area (TPSA) is 96.8 Å². The second-order valence-electron chi connectivity index (χ2n) is 5.83. The van der Waals surface area contributed by atoms with Crippen molar-refractivity contribution in [2.45, 2.75) is 0 Å². The van der Waals surface area contributed by atoms with E-state index in [4.69, 9.17) is 21.1 Å². The number of anilines is 3. The Hall–Kier alpha value is -3.04. The Morgan fingerprint density at radius 3 is 2.71 bits per heavy atom. The van der Waals surface area contributed by atoms with Gasteiger partial charge in [0, 0.05) is 23.9 Å². The predicted molar refractivity (Wildman–Crippen MR) is 107 cm³/mol. The molecule has 0 amide bonds. The van der Waals surface area contributed by atoms with Crippen LogP contribution in [-0.4, -0.2) is 41.9 Å². The molecule has 0 unspecified atom stereocenters. The zero-order valence-electron chi connectivity index (χ0n) is 14.9. The Bertz CT molecular complexity index is 1070. The van der Waals surface area contributed by atoms with Crippen LogP contribution in [0.1, 0.15) is 9.67 Å². The second-order valence-corrected chi connectivity index (χ2v) is 7.20. The molecule has 0 spiro atoms. The number of carbonyl (C=O) groups is 1. The molecule has 4 rings (SSSR count). The summed E-state index contributed by atoms with van der Waals surface area (Å²) in [6.07, 6.45) is 1.52. The summed E-state index contributed by atoms with van der Waals surface area (Å²) in [7, 11) is 3.14. The van der Waals surface area contributed by atoms with Crippen LogP contribution in [0.25, 0.3) is 11.3 Å². The van der Waals surface area contributed by atoms with Gasteiger partial charge in [-0.1, -0.05) is 22.9 Å². The molecule has 0 aliphatic carbocycles. The number of rotatable bonds is 5. The molecule has 1 aliphatic heterocycles. The Morgan fingerprint density at radius 1 is 1.29 bits per heavy atom. The average molecular weight is 419 g/mol. The number of hydrogen-bond donors (Lipinski definition) is 2. The molecule has 1 aliphatic rings. The summed E-state index contributed by atoms with van der Waals surface area (Å²) in [5.41, 5.74) is 2.62. The van der Waals surface area contributed by atoms with E-state index in [1.807, 2.05) is 17.0 Å². The molecule has 1 aromatic carbocycles. The lowest BCUT2D eigenvalue weighted by atomic mass is 10.2. The maximum Gasteiger partial charge on any atom is 0.348 e. The van der Waals surface area contributed by atoms with Crippen molar-refractivity contribution >= 4 is 45.4 Å². The van der Waals surface area contributed by atoms with Crippen LogP contribution in [0, 0.1) is 0 Å². The van der Waals surface area contributed by atoms with Crippen molar-refractivity contribution in [1.82, 2.24) is 9.97 Å². The van der Waals surface area contributed by atoms with Crippen molar-refractivity contribution in [3.05, 3.63) is 40.5 Å². The molecular weight excluding hydrogens is 404 g/mol. The van der Waals surface area contributed by atoms with Crippen molar-refractivity contribution in [1.29, 1.82) is 0 Å². The van der Waals surface area contributed by atoms with Gasteiger partial charge in [0.2, 0.25) is 0 Å². The van der Waals surface area contributed by atoms with Gasteiger partial charge < -0.3 is 19.9 Å². The molecule has 10 heteroatoms. The molecule has 0 saturated heterocycles. The fourth-order valence-corrected chi connectivity index (χ4v) is 4.08. The Balaban J connectivity index is 1.80. The van der Waals surface area contributed by atoms with Crippen LogP contribution < -0.4 is 19.7 Å². The van der Waals surface area contributed by atoms with Crippen LogP contribution >= 0.6 is 22.9 Å². The normalized spacial score (nSPS) is 12.5. The lowest BCUT2D eigenvalue weighted by Crippen LogP contribution is -2.16. The van der Waals surface area contributed by atoms with E-state index in [9.17, 15) is 9.90 Å². The lowest BCUT2D eigenvalue weighted by molar-refractivity contribution is 0.0702. The molecule has 0 bridgehead atoms. The summed E-state index contributed by atoms with van der Waals surface area (Å²) in [6, 6.07) is 6.94. The summed E-state index contributed by atoms with van der Waals surface area (Å²) in [5, 5.41) is 13.7. The molecule has 0 atom stereocenters. The third-order valence-electron chi connectivity index (χ3n) is 4.26. The van der Waals surface area contributed by atoms with Crippen molar-refractivity contribution in [2.75, 3.05) is 31.1 Å². The monoisotopic (exact) mass is 418 g/mol. The minimum atomic E-state index is -1.05. The minimum absolute atomic E-state index is 0.131. The van der Waals surface area contributed by atoms with Crippen LogP contribution in [0.15, 0.2) is 30.5 Å². The SMILES string of the molecule is COc1cc2c(cc1OC)N(c1nc(-c3ccnc(Cl)c3)c(C(=O)O)s1)CN2. The fourth-order valence-electron chi connectivity index (χ4n) is 2.97. The number of halogens is 1. The van der Waals surface area contributed by atoms with Crippen molar-refractivity contribution < 1.29 is 19.4 Å². The van der Waals surface area contributed by atoms with Crippen LogP contribution in [-0.2, 0) is 0 Å². The Kier molecular flexibility index (Phi) is 4.70. The standard InChI is InChI=1S/C18H15ClN4O4S/c1-26-12-6-10-11(7-13(12)27-2)23(8-21-10)18-22-15(16(28-18)17(24)25)9-3-4-20-14(19)5-9/h3-7,21H,8H2,1-2H3,(H,24,25). The first kappa shape index (κ1) is 18.3. The van der Waals surface area contributed by atoms with E-state index in [-0.39, 0.29) is 10.0 Å². The highest BCUT2D eigenvalue weighted by Gasteiger charge is 2.28. The number of hydrogen-bond acceptors (Lipinski definition) is 8. The number of benzene rings is 1. The molecule has 28 heavy (non-hydrogen) atoms. The molecule has 3 heterocycles. The summed E-state index contributed by atoms with van der Waals surface area (Å²) >= 11 is 7.05. The summed E-state index contributed by atoms with van der Waals surface area (Å²) in [6.45, 7) is 0.439. The number of nitrogens with one attached hydrogen (secondary N) is 1. The van der Waals surface area contributed by atoms with Crippen molar-refractivity contribution in [3.8, 4) is 22.8 Å². The van der Waals surface area contributed by atoms with E-state index in [1.165, 1.54) is 6.20 Å². The lowest BCUT2D eigenvalue weighted by Gasteiger charge is -2.16. The molecule has 8 nitrogen and oxygen atoms in total. The van der Waals surface area contributed by atoms with Crippen LogP contribution in [0.4, 0.5) is 16.5 Å². The van der Waals surface area contributed by atoms with E-state index < -0.39 is 5.97 Å². The highest BCUT2D eigenvalue weighted by molar-refractivity contribution is 7.18. The summed E-state index contributed by atoms with van der Waals surface area (Å²) in [5.74, 6) is 0.130. The summed E-state index contributed by atoms with van der Waals surface area (Å²) in [4.78, 5) is 22.3. The summed E-state index contributed by atoms with van der Waals surface area (Å²) < 4.78 is 10.7. The van der Waals surface area contributed by atoms with Gasteiger partial charge in [-0.2, -0.15) is 0 Å². The fraction of sp³-hybridized carbons (Fsp3) is 0.167. The number of pyridine rings is 1. The Labute approximate surface area is 169 Å². The van der Waals surface area contributed by atoms with Gasteiger partial charge in [0.25, 0.3) is 0 Å². The highest BCUT2D eigenvalue weighted by atomic mass is 35.5. The number of ether oxygens (including phenoxy) is 2. The first-order chi connectivity index (χ1) is 13.5. The van der Waals surface area contributed by atoms with E-state index in [0.29, 0.717) is 34.6 Å². The van der Waals surface area contributed by atoms with Gasteiger partial charge in [-0.3, -0.25) is 4.90 Å². The number of aromatic carboxylic acids is 1. The van der Waals surface area contributed by atoms with Gasteiger partial charge in [-0.15, -0.1) is 0 Å². The number of nitrogens with zero attached hydrogens (tertiary/aromatic N) is 3. The zero-order valence-corrected chi connectivity index (χ0v) is 16.5. The molecular formula is C18H15ClN4O4S. The first-order valence-corrected chi connectivity index (χ1v) is 9.34. The largest absolute Gasteiger partial charge is 0.493 e. The van der Waals surface area contributed by atoms with E-state index in [0.717, 1.165) is 22.7 Å². The number of fused-ring (bicyclic) bond motifs is 1. The molecule has 2 aromatic heterocycles. The third kappa shape index (κ3) is 3.08. The predicted octanol–water partition coefficient (Wildman–Crippen LogP) is 4.10. The molecule has 0 fully saturated rings. The second kappa shape index (κ2) is 7.17. The maximum atomic E-state index is 11.8. The van der Waals surface area contributed by atoms with Gasteiger partial charge in [0.05, 0.1) is 38.0 Å². The van der Waals surface area contributed by atoms with Gasteiger partial charge >= 0.3 is 5.97 Å². The zero-order chi connectivity index (χ0) is 19.8. The van der Waals surface area contributed by atoms with Gasteiger partial charge in [0.15, 0.2) is 16.6 Å². The number of carboxylic acids is 1. The molecule has 3 aromatic rings. The quantitative estimate of drug-likeness (QED) is 0.598. The number of carboxylic acid groups (broad SMARTS) is 1. The molecule has 0 saturated carbocycles. The molecule has 2 N–H and O–H groups in total. The van der Waals surface area contributed by atoms with Gasteiger partial charge in [-0.05, 0) is 12.1 Å².